The number of carbonyl (C=O) groups is 1. The molecule has 36 heavy (non-hydrogen) atoms. The molecule has 0 N–H and O–H groups in total. The quantitative estimate of drug-likeness (QED) is 0.128. The normalized spacial score (nSPS) is 11.1. The average Bonchev–Trinajstić information content (AvgIpc) is 3.25. The smallest absolute Gasteiger partial charge is 0.343 e. The first-order valence-corrected chi connectivity index (χ1v) is 12.2. The summed E-state index contributed by atoms with van der Waals surface area (Å²) in [5.41, 5.74) is 5.18. The minimum Gasteiger partial charge on any atom is -0.423 e. The van der Waals surface area contributed by atoms with Gasteiger partial charge >= 0.3 is 5.97 Å². The second-order valence-electron chi connectivity index (χ2n) is 8.12. The number of esters is 1. The van der Waals surface area contributed by atoms with Crippen LogP contribution in [0.4, 0.5) is 5.82 Å². The molecule has 0 radical (unpaired) electrons. The summed E-state index contributed by atoms with van der Waals surface area (Å²) >= 11 is 3.57. The fourth-order valence-electron chi connectivity index (χ4n) is 3.86. The molecular formula is C30H22BrN3O2. The molecule has 0 fully saturated rings. The molecular weight excluding hydrogens is 514 g/mol. The minimum atomic E-state index is -0.391. The van der Waals surface area contributed by atoms with Gasteiger partial charge in [-0.3, -0.25) is 0 Å². The molecule has 0 saturated carbocycles. The summed E-state index contributed by atoms with van der Waals surface area (Å²) in [5.74, 6) is 0.815. The number of nitrogens with zero attached hydrogens (tertiary/aromatic N) is 3. The van der Waals surface area contributed by atoms with Gasteiger partial charge in [0.25, 0.3) is 0 Å². The summed E-state index contributed by atoms with van der Waals surface area (Å²) in [6.07, 6.45) is 1.79. The number of para-hydroxylation sites is 1. The van der Waals surface area contributed by atoms with Crippen molar-refractivity contribution < 1.29 is 9.53 Å². The first-order valence-electron chi connectivity index (χ1n) is 11.4. The summed E-state index contributed by atoms with van der Waals surface area (Å²) in [7, 11) is 0. The molecule has 0 aliphatic carbocycles. The minimum absolute atomic E-state index is 0.391. The van der Waals surface area contributed by atoms with Gasteiger partial charge in [0.05, 0.1) is 16.9 Å². The van der Waals surface area contributed by atoms with Crippen LogP contribution < -0.4 is 4.74 Å². The fourth-order valence-corrected chi connectivity index (χ4v) is 4.26. The third kappa shape index (κ3) is 5.19. The van der Waals surface area contributed by atoms with Crippen LogP contribution in [-0.4, -0.2) is 22.0 Å². The highest BCUT2D eigenvalue weighted by Gasteiger charge is 2.18. The molecule has 0 bridgehead atoms. The number of benzene rings is 4. The Morgan fingerprint density at radius 1 is 0.889 bits per heavy atom. The second-order valence-corrected chi connectivity index (χ2v) is 9.04. The van der Waals surface area contributed by atoms with Crippen molar-refractivity contribution >= 4 is 33.9 Å². The number of aryl methyl sites for hydroxylation is 1. The van der Waals surface area contributed by atoms with Crippen LogP contribution in [-0.2, 0) is 0 Å². The summed E-state index contributed by atoms with van der Waals surface area (Å²) in [4.78, 5) is 17.2. The first-order chi connectivity index (χ1) is 17.6. The van der Waals surface area contributed by atoms with E-state index in [4.69, 9.17) is 14.8 Å². The molecule has 0 unspecified atom stereocenters. The Kier molecular flexibility index (Phi) is 6.87. The lowest BCUT2D eigenvalue weighted by atomic mass is 10.1. The molecule has 1 heterocycles. The van der Waals surface area contributed by atoms with Crippen molar-refractivity contribution in [2.45, 2.75) is 6.92 Å². The topological polar surface area (TPSA) is 56.5 Å². The van der Waals surface area contributed by atoms with Crippen molar-refractivity contribution in [3.05, 3.63) is 130 Å². The van der Waals surface area contributed by atoms with E-state index < -0.39 is 5.97 Å². The van der Waals surface area contributed by atoms with Gasteiger partial charge in [-0.05, 0) is 78.7 Å². The predicted molar refractivity (Wildman–Crippen MR) is 147 cm³/mol. The summed E-state index contributed by atoms with van der Waals surface area (Å²) < 4.78 is 8.33. The molecule has 0 spiro atoms. The maximum absolute atomic E-state index is 12.3. The van der Waals surface area contributed by atoms with Crippen molar-refractivity contribution in [2.75, 3.05) is 0 Å². The lowest BCUT2D eigenvalue weighted by Crippen LogP contribution is -2.07. The monoisotopic (exact) mass is 535 g/mol. The zero-order valence-electron chi connectivity index (χ0n) is 19.5. The van der Waals surface area contributed by atoms with Crippen LogP contribution in [0.3, 0.4) is 0 Å². The number of ether oxygens (including phenoxy) is 1. The highest BCUT2D eigenvalue weighted by molar-refractivity contribution is 9.10. The molecule has 0 atom stereocenters. The van der Waals surface area contributed by atoms with Crippen LogP contribution in [0.25, 0.3) is 16.8 Å². The van der Waals surface area contributed by atoms with E-state index in [-0.39, 0.29) is 0 Å². The van der Waals surface area contributed by atoms with E-state index in [1.165, 1.54) is 0 Å². The Balaban J connectivity index is 1.46. The van der Waals surface area contributed by atoms with E-state index in [2.05, 4.69) is 28.1 Å². The highest BCUT2D eigenvalue weighted by Crippen LogP contribution is 2.36. The molecule has 1 aromatic heterocycles. The van der Waals surface area contributed by atoms with Crippen LogP contribution in [0.2, 0.25) is 0 Å². The van der Waals surface area contributed by atoms with Crippen molar-refractivity contribution in [1.29, 1.82) is 0 Å². The lowest BCUT2D eigenvalue weighted by Gasteiger charge is -2.07. The van der Waals surface area contributed by atoms with Crippen molar-refractivity contribution in [1.82, 2.24) is 9.78 Å². The number of hydrogen-bond donors (Lipinski definition) is 0. The molecule has 5 aromatic rings. The van der Waals surface area contributed by atoms with E-state index in [1.807, 2.05) is 72.3 Å². The number of hydrogen-bond acceptors (Lipinski definition) is 4. The summed E-state index contributed by atoms with van der Waals surface area (Å²) in [6, 6.07) is 34.2. The molecule has 5 nitrogen and oxygen atoms in total. The number of carbonyl (C=O) groups excluding carboxylic acids is 1. The van der Waals surface area contributed by atoms with Crippen molar-refractivity contribution in [3.8, 4) is 22.6 Å². The van der Waals surface area contributed by atoms with E-state index in [0.717, 1.165) is 38.4 Å². The van der Waals surface area contributed by atoms with Gasteiger partial charge in [-0.15, -0.1) is 0 Å². The Hall–Kier alpha value is -4.29. The summed E-state index contributed by atoms with van der Waals surface area (Å²) in [6.45, 7) is 1.99. The van der Waals surface area contributed by atoms with Crippen molar-refractivity contribution in [3.63, 3.8) is 0 Å². The summed E-state index contributed by atoms with van der Waals surface area (Å²) in [5, 5.41) is 4.80. The lowest BCUT2D eigenvalue weighted by molar-refractivity contribution is 0.0735. The second kappa shape index (κ2) is 10.5. The van der Waals surface area contributed by atoms with E-state index in [1.54, 1.807) is 42.6 Å². The number of halogens is 1. The SMILES string of the molecule is Cc1nn(-c2ccccc2)c(/N=C/c2ccc(OC(=O)c3ccccc3)cc2)c1-c1cccc(Br)c1. The standard InChI is InChI=1S/C30H22BrN3O2/c1-21-28(24-11-8-12-25(31)19-24)29(34(33-21)26-13-6-3-7-14-26)32-20-22-15-17-27(18-16-22)36-30(35)23-9-4-2-5-10-23/h2-20H,1H3/b32-20+. The largest absolute Gasteiger partial charge is 0.423 e. The zero-order valence-corrected chi connectivity index (χ0v) is 21.1. The van der Waals surface area contributed by atoms with Gasteiger partial charge < -0.3 is 4.74 Å². The van der Waals surface area contributed by atoms with Crippen LogP contribution >= 0.6 is 15.9 Å². The Labute approximate surface area is 217 Å². The zero-order chi connectivity index (χ0) is 24.9. The maximum Gasteiger partial charge on any atom is 0.343 e. The van der Waals surface area contributed by atoms with Gasteiger partial charge in [0, 0.05) is 16.3 Å². The van der Waals surface area contributed by atoms with Crippen molar-refractivity contribution in [2.24, 2.45) is 4.99 Å². The van der Waals surface area contributed by atoms with Gasteiger partial charge in [-0.25, -0.2) is 14.5 Å². The molecule has 6 heteroatoms. The average molecular weight is 536 g/mol. The van der Waals surface area contributed by atoms with Gasteiger partial charge in [-0.2, -0.15) is 5.10 Å². The maximum atomic E-state index is 12.3. The number of aromatic nitrogens is 2. The number of rotatable bonds is 6. The van der Waals surface area contributed by atoms with Gasteiger partial charge in [-0.1, -0.05) is 64.5 Å². The molecule has 0 aliphatic rings. The molecule has 0 saturated heterocycles. The molecule has 4 aromatic carbocycles. The van der Waals surface area contributed by atoms with Crippen LogP contribution in [0.1, 0.15) is 21.6 Å². The van der Waals surface area contributed by atoms with Crippen LogP contribution in [0.5, 0.6) is 5.75 Å². The molecule has 0 aliphatic heterocycles. The van der Waals surface area contributed by atoms with Crippen LogP contribution in [0.15, 0.2) is 119 Å². The van der Waals surface area contributed by atoms with Gasteiger partial charge in [0.2, 0.25) is 0 Å². The van der Waals surface area contributed by atoms with E-state index in [0.29, 0.717) is 11.3 Å². The number of aliphatic imine (C=N–C) groups is 1. The van der Waals surface area contributed by atoms with Gasteiger partial charge in [0.1, 0.15) is 5.75 Å². The Morgan fingerprint density at radius 2 is 1.58 bits per heavy atom. The first kappa shape index (κ1) is 23.5. The third-order valence-corrected chi connectivity index (χ3v) is 6.08. The molecule has 0 amide bonds. The van der Waals surface area contributed by atoms with E-state index in [9.17, 15) is 4.79 Å². The molecule has 5 rings (SSSR count). The molecule has 176 valence electrons. The highest BCUT2D eigenvalue weighted by atomic mass is 79.9. The van der Waals surface area contributed by atoms with E-state index >= 15 is 0 Å². The Bertz CT molecular complexity index is 1530. The fraction of sp³-hybridized carbons (Fsp3) is 0.0333. The predicted octanol–water partition coefficient (Wildman–Crippen LogP) is 7.58. The Morgan fingerprint density at radius 3 is 2.28 bits per heavy atom. The van der Waals surface area contributed by atoms with Gasteiger partial charge in [0.15, 0.2) is 5.82 Å². The third-order valence-electron chi connectivity index (χ3n) is 5.59. The van der Waals surface area contributed by atoms with Crippen LogP contribution in [0, 0.1) is 6.92 Å².